The molecule has 0 fully saturated rings. The molecule has 1 N–H and O–H groups in total. The minimum atomic E-state index is -0.641. The Morgan fingerprint density at radius 1 is 1.25 bits per heavy atom. The summed E-state index contributed by atoms with van der Waals surface area (Å²) in [6, 6.07) is 11.3. The number of para-hydroxylation sites is 1. The van der Waals surface area contributed by atoms with Gasteiger partial charge in [-0.25, -0.2) is 0 Å². The molecule has 0 saturated carbocycles. The summed E-state index contributed by atoms with van der Waals surface area (Å²) in [5.74, 6) is 0.752. The molecule has 1 aromatic heterocycles. The van der Waals surface area contributed by atoms with E-state index >= 15 is 0 Å². The second kappa shape index (κ2) is 5.78. The third-order valence-corrected chi connectivity index (χ3v) is 3.62. The molecule has 4 rings (SSSR count). The Hall–Kier alpha value is -3.19. The number of nitrogens with zero attached hydrogens (tertiary/aromatic N) is 3. The Labute approximate surface area is 137 Å². The summed E-state index contributed by atoms with van der Waals surface area (Å²) in [5.41, 5.74) is 1.02. The summed E-state index contributed by atoms with van der Waals surface area (Å²) in [6.45, 7) is 0.379. The van der Waals surface area contributed by atoms with Crippen LogP contribution in [0.4, 0.5) is 16.0 Å². The van der Waals surface area contributed by atoms with Gasteiger partial charge in [0, 0.05) is 30.1 Å². The van der Waals surface area contributed by atoms with Gasteiger partial charge in [-0.1, -0.05) is 23.1 Å². The number of rotatable bonds is 3. The summed E-state index contributed by atoms with van der Waals surface area (Å²) in [4.78, 5) is 20.1. The van der Waals surface area contributed by atoms with Crippen molar-refractivity contribution < 1.29 is 13.6 Å². The Morgan fingerprint density at radius 3 is 2.83 bits per heavy atom. The van der Waals surface area contributed by atoms with Crippen LogP contribution in [0.1, 0.15) is 0 Å². The van der Waals surface area contributed by atoms with Crippen molar-refractivity contribution in [2.24, 2.45) is 4.99 Å². The number of fused-ring (bicyclic) bond motifs is 1. The number of amidine groups is 1. The summed E-state index contributed by atoms with van der Waals surface area (Å²) in [5, 5.41) is 2.79. The quantitative estimate of drug-likeness (QED) is 0.883. The van der Waals surface area contributed by atoms with E-state index in [0.29, 0.717) is 29.8 Å². The Bertz CT molecular complexity index is 870. The Kier molecular flexibility index (Phi) is 3.47. The predicted octanol–water partition coefficient (Wildman–Crippen LogP) is 2.74. The van der Waals surface area contributed by atoms with E-state index in [0.717, 1.165) is 0 Å². The van der Waals surface area contributed by atoms with E-state index in [-0.39, 0.29) is 5.91 Å². The fourth-order valence-corrected chi connectivity index (χ4v) is 2.47. The maximum Gasteiger partial charge on any atom is 0.285 e. The van der Waals surface area contributed by atoms with Crippen LogP contribution in [-0.2, 0) is 4.79 Å². The number of aliphatic imine (C=N–C) groups is 1. The molecule has 2 aliphatic rings. The van der Waals surface area contributed by atoms with Crippen LogP contribution in [0, 0.1) is 6.01 Å². The van der Waals surface area contributed by atoms with Crippen molar-refractivity contribution in [1.29, 1.82) is 0 Å². The molecule has 1 aromatic carbocycles. The molecule has 6 nitrogen and oxygen atoms in total. The first-order valence-electron chi connectivity index (χ1n) is 7.33. The number of carbonyl (C=O) groups is 1. The first kappa shape index (κ1) is 14.4. The smallest absolute Gasteiger partial charge is 0.285 e. The number of carbonyl (C=O) groups excluding carboxylic acids is 1. The van der Waals surface area contributed by atoms with Crippen LogP contribution >= 0.6 is 0 Å². The van der Waals surface area contributed by atoms with Crippen molar-refractivity contribution in [2.45, 2.75) is 0 Å². The molecule has 2 aromatic rings. The third-order valence-electron chi connectivity index (χ3n) is 3.62. The zero-order valence-corrected chi connectivity index (χ0v) is 12.5. The normalized spacial score (nSPS) is 16.6. The number of anilines is 2. The summed E-state index contributed by atoms with van der Waals surface area (Å²) in [7, 11) is 0. The number of furan rings is 1. The van der Waals surface area contributed by atoms with Crippen LogP contribution in [0.15, 0.2) is 76.0 Å². The van der Waals surface area contributed by atoms with Crippen LogP contribution in [-0.4, -0.2) is 18.4 Å². The lowest BCUT2D eigenvalue weighted by Gasteiger charge is -2.19. The molecule has 0 aliphatic carbocycles. The third kappa shape index (κ3) is 2.72. The van der Waals surface area contributed by atoms with E-state index < -0.39 is 6.01 Å². The van der Waals surface area contributed by atoms with E-state index in [9.17, 15) is 9.18 Å². The van der Waals surface area contributed by atoms with E-state index in [1.165, 1.54) is 6.07 Å². The average Bonchev–Trinajstić information content (AvgIpc) is 3.21. The van der Waals surface area contributed by atoms with Crippen molar-refractivity contribution in [3.63, 3.8) is 0 Å². The van der Waals surface area contributed by atoms with E-state index in [1.807, 2.05) is 18.2 Å². The number of halogens is 1. The standard InChI is InChI=1S/C17H13FN4O2/c18-14-6-7-16(24-14)21-9-8-15-20-13(10-22(15)11-21)17(23)19-12-4-2-1-3-5-12/h1-10H,11H2,(H,19,23)/q+1. The largest absolute Gasteiger partial charge is 0.414 e. The molecule has 0 unspecified atom stereocenters. The molecule has 1 amide bonds. The van der Waals surface area contributed by atoms with E-state index in [2.05, 4.69) is 10.3 Å². The molecule has 0 spiro atoms. The van der Waals surface area contributed by atoms with Gasteiger partial charge in [0.25, 0.3) is 17.8 Å². The molecule has 119 valence electrons. The molecule has 0 saturated heterocycles. The number of benzene rings is 1. The van der Waals surface area contributed by atoms with Gasteiger partial charge in [0.1, 0.15) is 0 Å². The minimum absolute atomic E-state index is 0.285. The molecule has 0 bridgehead atoms. The number of amides is 1. The van der Waals surface area contributed by atoms with Crippen LogP contribution in [0.25, 0.3) is 0 Å². The van der Waals surface area contributed by atoms with Gasteiger partial charge in [0.15, 0.2) is 11.9 Å². The zero-order valence-electron chi connectivity index (χ0n) is 12.5. The van der Waals surface area contributed by atoms with Crippen LogP contribution in [0.5, 0.6) is 0 Å². The average molecular weight is 324 g/mol. The van der Waals surface area contributed by atoms with Crippen molar-refractivity contribution in [2.75, 3.05) is 16.9 Å². The van der Waals surface area contributed by atoms with Crippen LogP contribution < -0.4 is 15.1 Å². The number of hydrogen-bond donors (Lipinski definition) is 1. The zero-order chi connectivity index (χ0) is 16.5. The lowest BCUT2D eigenvalue weighted by molar-refractivity contribution is -0.112. The maximum absolute atomic E-state index is 13.0. The molecule has 3 heterocycles. The van der Waals surface area contributed by atoms with Gasteiger partial charge in [-0.3, -0.25) is 9.69 Å². The summed E-state index contributed by atoms with van der Waals surface area (Å²) >= 11 is 0. The van der Waals surface area contributed by atoms with Gasteiger partial charge < -0.3 is 9.73 Å². The second-order valence-corrected chi connectivity index (χ2v) is 5.28. The molecular weight excluding hydrogens is 311 g/mol. The second-order valence-electron chi connectivity index (χ2n) is 5.28. The first-order chi connectivity index (χ1) is 11.7. The summed E-state index contributed by atoms with van der Waals surface area (Å²) < 4.78 is 18.0. The fraction of sp³-hybridized carbons (Fsp3) is 0.0588. The van der Waals surface area contributed by atoms with Gasteiger partial charge in [0.05, 0.1) is 0 Å². The van der Waals surface area contributed by atoms with Crippen molar-refractivity contribution in [1.82, 2.24) is 4.90 Å². The van der Waals surface area contributed by atoms with E-state index in [4.69, 9.17) is 4.42 Å². The van der Waals surface area contributed by atoms with Crippen molar-refractivity contribution in [3.05, 3.63) is 72.7 Å². The van der Waals surface area contributed by atoms with Crippen molar-refractivity contribution >= 4 is 23.3 Å². The van der Waals surface area contributed by atoms with Crippen molar-refractivity contribution in [3.8, 4) is 0 Å². The highest BCUT2D eigenvalue weighted by Gasteiger charge is 2.35. The predicted molar refractivity (Wildman–Crippen MR) is 87.9 cm³/mol. The Morgan fingerprint density at radius 2 is 2.08 bits per heavy atom. The first-order valence-corrected chi connectivity index (χ1v) is 7.33. The molecule has 0 atom stereocenters. The van der Waals surface area contributed by atoms with Gasteiger partial charge in [-0.15, -0.1) is 0 Å². The monoisotopic (exact) mass is 324 g/mol. The van der Waals surface area contributed by atoms with E-state index in [1.54, 1.807) is 46.5 Å². The van der Waals surface area contributed by atoms with Crippen LogP contribution in [0.3, 0.4) is 0 Å². The van der Waals surface area contributed by atoms with Gasteiger partial charge in [-0.05, 0) is 12.1 Å². The highest BCUT2D eigenvalue weighted by Crippen LogP contribution is 2.23. The molecule has 7 heteroatoms. The lowest BCUT2D eigenvalue weighted by atomic mass is 10.3. The molecule has 2 aliphatic heterocycles. The molecular formula is C17H13FN4O2+. The molecule has 24 heavy (non-hydrogen) atoms. The van der Waals surface area contributed by atoms with Gasteiger partial charge in [-0.2, -0.15) is 9.38 Å². The van der Waals surface area contributed by atoms with Crippen LogP contribution in [0.2, 0.25) is 0 Å². The van der Waals surface area contributed by atoms with Gasteiger partial charge in [0.2, 0.25) is 12.6 Å². The topological polar surface area (TPSA) is 63.7 Å². The Balaban J connectivity index is 1.49. The number of nitrogens with one attached hydrogen (secondary N) is 1. The summed E-state index contributed by atoms with van der Waals surface area (Å²) in [6.07, 6.45) is 5.13. The molecule has 1 radical (unpaired) electrons. The highest BCUT2D eigenvalue weighted by molar-refractivity contribution is 6.10. The fourth-order valence-electron chi connectivity index (χ4n) is 2.47. The minimum Gasteiger partial charge on any atom is -0.414 e. The SMILES string of the molecule is O=C(Nc1ccccc1)C1=C[N+]2CN(c3ccc(F)o3)C=CC2=N1. The lowest BCUT2D eigenvalue weighted by Crippen LogP contribution is -2.41. The van der Waals surface area contributed by atoms with Gasteiger partial charge >= 0.3 is 0 Å². The maximum atomic E-state index is 13.0. The number of hydrogen-bond acceptors (Lipinski definition) is 5. The highest BCUT2D eigenvalue weighted by atomic mass is 19.1.